The van der Waals surface area contributed by atoms with Crippen molar-refractivity contribution < 1.29 is 31.4 Å². The number of benzene rings is 1. The van der Waals surface area contributed by atoms with E-state index in [2.05, 4.69) is 0 Å². The lowest BCUT2D eigenvalue weighted by Crippen LogP contribution is -2.29. The van der Waals surface area contributed by atoms with Gasteiger partial charge in [0.15, 0.2) is 0 Å². The van der Waals surface area contributed by atoms with Crippen LogP contribution in [0, 0.1) is 10.8 Å². The highest BCUT2D eigenvalue weighted by Gasteiger charge is 2.44. The Morgan fingerprint density at radius 1 is 0.880 bits per heavy atom. The molecule has 0 aromatic heterocycles. The first-order valence-electron chi connectivity index (χ1n) is 7.39. The zero-order valence-electron chi connectivity index (χ0n) is 13.1. The summed E-state index contributed by atoms with van der Waals surface area (Å²) in [5, 5.41) is 23.6. The van der Waals surface area contributed by atoms with Crippen molar-refractivity contribution in [3.05, 3.63) is 34.9 Å². The van der Waals surface area contributed by atoms with Gasteiger partial charge in [-0.05, 0) is 55.8 Å². The first kappa shape index (κ1) is 21.1. The van der Waals surface area contributed by atoms with Crippen molar-refractivity contribution >= 4 is 12.4 Å². The molecule has 3 nitrogen and oxygen atoms in total. The molecule has 0 spiro atoms. The number of aliphatic hydroxyl groups excluding tert-OH is 1. The molecule has 0 heterocycles. The van der Waals surface area contributed by atoms with E-state index < -0.39 is 35.5 Å². The van der Waals surface area contributed by atoms with Gasteiger partial charge in [-0.3, -0.25) is 0 Å². The molecule has 9 heteroatoms. The first-order valence-corrected chi connectivity index (χ1v) is 7.39. The Hall–Kier alpha value is -1.90. The van der Waals surface area contributed by atoms with Crippen molar-refractivity contribution in [2.75, 3.05) is 6.61 Å². The Bertz CT molecular complexity index is 612. The van der Waals surface area contributed by atoms with Crippen LogP contribution >= 0.6 is 0 Å². The van der Waals surface area contributed by atoms with Crippen LogP contribution in [0.3, 0.4) is 0 Å². The normalized spacial score (nSPS) is 14.8. The minimum Gasteiger partial charge on any atom is -0.396 e. The van der Waals surface area contributed by atoms with Crippen LogP contribution in [0.2, 0.25) is 0 Å². The molecule has 0 saturated heterocycles. The van der Waals surface area contributed by atoms with Gasteiger partial charge in [0.05, 0.1) is 11.1 Å². The molecule has 3 N–H and O–H groups in total. The van der Waals surface area contributed by atoms with Crippen molar-refractivity contribution in [1.29, 1.82) is 10.8 Å². The second-order valence-electron chi connectivity index (χ2n) is 5.66. The van der Waals surface area contributed by atoms with Crippen LogP contribution in [0.5, 0.6) is 0 Å². The standard InChI is InChI=1S/C16H18F6N2O/c17-15(18,19)12-3-2-11(10-13(12)16(20,21)22)14(5-8-24,6-9-25)4-1-7-23/h2-3,7-8,10,23-25H,1,4-6,9H2. The maximum absolute atomic E-state index is 13.1. The summed E-state index contributed by atoms with van der Waals surface area (Å²) in [5.41, 5.74) is -4.74. The predicted molar refractivity (Wildman–Crippen MR) is 81.2 cm³/mol. The summed E-state index contributed by atoms with van der Waals surface area (Å²) in [6.07, 6.45) is -8.15. The Balaban J connectivity index is 3.60. The van der Waals surface area contributed by atoms with Gasteiger partial charge in [0.25, 0.3) is 0 Å². The topological polar surface area (TPSA) is 67.9 Å². The molecular formula is C16H18F6N2O. The fraction of sp³-hybridized carbons (Fsp3) is 0.500. The summed E-state index contributed by atoms with van der Waals surface area (Å²) in [5.74, 6) is 0. The number of halogens is 6. The van der Waals surface area contributed by atoms with E-state index in [-0.39, 0.29) is 31.2 Å². The summed E-state index contributed by atoms with van der Waals surface area (Å²) in [6, 6.07) is 1.80. The van der Waals surface area contributed by atoms with E-state index >= 15 is 0 Å². The zero-order valence-corrected chi connectivity index (χ0v) is 13.1. The molecule has 0 bridgehead atoms. The van der Waals surface area contributed by atoms with Crippen LogP contribution in [-0.4, -0.2) is 24.1 Å². The number of hydrogen-bond acceptors (Lipinski definition) is 3. The minimum atomic E-state index is -5.20. The third-order valence-electron chi connectivity index (χ3n) is 4.09. The van der Waals surface area contributed by atoms with Crippen LogP contribution in [-0.2, 0) is 17.8 Å². The fourth-order valence-electron chi connectivity index (χ4n) is 2.85. The van der Waals surface area contributed by atoms with E-state index in [1.165, 1.54) is 0 Å². The molecule has 0 fully saturated rings. The Labute approximate surface area is 140 Å². The van der Waals surface area contributed by atoms with Gasteiger partial charge in [-0.2, -0.15) is 26.3 Å². The van der Waals surface area contributed by atoms with Crippen molar-refractivity contribution in [3.8, 4) is 0 Å². The molecule has 0 saturated carbocycles. The SMILES string of the molecule is N=CCCC(CC=N)(CCO)c1ccc(C(F)(F)F)c(C(F)(F)F)c1. The highest BCUT2D eigenvalue weighted by Crippen LogP contribution is 2.44. The zero-order chi connectivity index (χ0) is 19.3. The third kappa shape index (κ3) is 5.04. The third-order valence-corrected chi connectivity index (χ3v) is 4.09. The van der Waals surface area contributed by atoms with Gasteiger partial charge in [0, 0.05) is 12.0 Å². The van der Waals surface area contributed by atoms with Gasteiger partial charge in [-0.1, -0.05) is 6.07 Å². The molecule has 0 aliphatic rings. The van der Waals surface area contributed by atoms with Crippen molar-refractivity contribution in [2.45, 2.75) is 43.5 Å². The lowest BCUT2D eigenvalue weighted by Gasteiger charge is -2.33. The maximum Gasteiger partial charge on any atom is 0.417 e. The van der Waals surface area contributed by atoms with E-state index in [9.17, 15) is 31.4 Å². The summed E-state index contributed by atoms with van der Waals surface area (Å²) in [4.78, 5) is 0. The second-order valence-corrected chi connectivity index (χ2v) is 5.66. The van der Waals surface area contributed by atoms with E-state index in [0.717, 1.165) is 18.5 Å². The molecule has 1 aromatic rings. The molecule has 140 valence electrons. The molecule has 0 aliphatic heterocycles. The highest BCUT2D eigenvalue weighted by atomic mass is 19.4. The van der Waals surface area contributed by atoms with E-state index in [1.807, 2.05) is 0 Å². The largest absolute Gasteiger partial charge is 0.417 e. The smallest absolute Gasteiger partial charge is 0.396 e. The van der Waals surface area contributed by atoms with Crippen LogP contribution < -0.4 is 0 Å². The molecular weight excluding hydrogens is 350 g/mol. The van der Waals surface area contributed by atoms with Gasteiger partial charge in [-0.15, -0.1) is 0 Å². The minimum absolute atomic E-state index is 0.0289. The van der Waals surface area contributed by atoms with Crippen molar-refractivity contribution in [3.63, 3.8) is 0 Å². The van der Waals surface area contributed by atoms with Crippen LogP contribution in [0.4, 0.5) is 26.3 Å². The summed E-state index contributed by atoms with van der Waals surface area (Å²) < 4.78 is 78.1. The summed E-state index contributed by atoms with van der Waals surface area (Å²) >= 11 is 0. The molecule has 1 rings (SSSR count). The lowest BCUT2D eigenvalue weighted by atomic mass is 9.71. The molecule has 0 radical (unpaired) electrons. The number of nitrogens with one attached hydrogen (secondary N) is 2. The maximum atomic E-state index is 13.1. The molecule has 1 atom stereocenters. The summed E-state index contributed by atoms with van der Waals surface area (Å²) in [7, 11) is 0. The molecule has 0 amide bonds. The predicted octanol–water partition coefficient (Wildman–Crippen LogP) is 4.81. The van der Waals surface area contributed by atoms with Crippen LogP contribution in [0.15, 0.2) is 18.2 Å². The number of rotatable bonds is 8. The number of alkyl halides is 6. The average Bonchev–Trinajstić information content (AvgIpc) is 2.50. The second kappa shape index (κ2) is 7.99. The quantitative estimate of drug-likeness (QED) is 0.447. The van der Waals surface area contributed by atoms with Crippen molar-refractivity contribution in [2.24, 2.45) is 0 Å². The van der Waals surface area contributed by atoms with E-state index in [0.29, 0.717) is 12.1 Å². The van der Waals surface area contributed by atoms with Crippen molar-refractivity contribution in [1.82, 2.24) is 0 Å². The van der Waals surface area contributed by atoms with Gasteiger partial charge in [0.1, 0.15) is 0 Å². The van der Waals surface area contributed by atoms with Gasteiger partial charge in [-0.25, -0.2) is 0 Å². The first-order chi connectivity index (χ1) is 11.5. The van der Waals surface area contributed by atoms with E-state index in [1.54, 1.807) is 0 Å². The molecule has 25 heavy (non-hydrogen) atoms. The van der Waals surface area contributed by atoms with Gasteiger partial charge in [0.2, 0.25) is 0 Å². The highest BCUT2D eigenvalue weighted by molar-refractivity contribution is 5.58. The summed E-state index contributed by atoms with van der Waals surface area (Å²) in [6.45, 7) is -0.409. The van der Waals surface area contributed by atoms with Gasteiger partial charge < -0.3 is 15.9 Å². The Morgan fingerprint density at radius 2 is 1.48 bits per heavy atom. The monoisotopic (exact) mass is 368 g/mol. The lowest BCUT2D eigenvalue weighted by molar-refractivity contribution is -0.162. The molecule has 1 aromatic carbocycles. The average molecular weight is 368 g/mol. The molecule has 0 aliphatic carbocycles. The van der Waals surface area contributed by atoms with Gasteiger partial charge >= 0.3 is 12.4 Å². The van der Waals surface area contributed by atoms with Crippen LogP contribution in [0.1, 0.15) is 42.4 Å². The number of aliphatic hydroxyl groups is 1. The van der Waals surface area contributed by atoms with E-state index in [4.69, 9.17) is 10.8 Å². The van der Waals surface area contributed by atoms with Crippen LogP contribution in [0.25, 0.3) is 0 Å². The number of hydrogen-bond donors (Lipinski definition) is 3. The Kier molecular flexibility index (Phi) is 6.75. The fourth-order valence-corrected chi connectivity index (χ4v) is 2.85. The molecule has 1 unspecified atom stereocenters. The Morgan fingerprint density at radius 3 is 1.92 bits per heavy atom.